The van der Waals surface area contributed by atoms with E-state index in [1.165, 1.54) is 32.1 Å². The Hall–Kier alpha value is -2.16. The Balaban J connectivity index is 2.11. The molecule has 2 N–H and O–H groups in total. The van der Waals surface area contributed by atoms with E-state index in [0.717, 1.165) is 18.4 Å². The molecule has 0 saturated carbocycles. The summed E-state index contributed by atoms with van der Waals surface area (Å²) in [6.07, 6.45) is 8.14. The van der Waals surface area contributed by atoms with Crippen LogP contribution in [0.3, 0.4) is 0 Å². The largest absolute Gasteiger partial charge is 0.507 e. The van der Waals surface area contributed by atoms with Crippen LogP contribution in [0.1, 0.15) is 74.7 Å². The van der Waals surface area contributed by atoms with Crippen molar-refractivity contribution < 1.29 is 14.9 Å². The molecule has 1 unspecified atom stereocenters. The maximum atomic E-state index is 10.3. The number of rotatable bonds is 10. The summed E-state index contributed by atoms with van der Waals surface area (Å²) in [6, 6.07) is 11.7. The maximum absolute atomic E-state index is 10.3. The van der Waals surface area contributed by atoms with E-state index in [9.17, 15) is 10.2 Å². The lowest BCUT2D eigenvalue weighted by Gasteiger charge is -2.22. The first-order valence-corrected chi connectivity index (χ1v) is 9.78. The lowest BCUT2D eigenvalue weighted by molar-refractivity contribution is 0.181. The highest BCUT2D eigenvalue weighted by Gasteiger charge is 2.19. The Morgan fingerprint density at radius 1 is 0.923 bits per heavy atom. The molecule has 0 heterocycles. The zero-order chi connectivity index (χ0) is 18.9. The van der Waals surface area contributed by atoms with Crippen molar-refractivity contribution in [3.8, 4) is 17.2 Å². The molecule has 0 saturated heterocycles. The minimum absolute atomic E-state index is 0.0849. The van der Waals surface area contributed by atoms with E-state index in [1.807, 2.05) is 18.2 Å². The third-order valence-electron chi connectivity index (χ3n) is 4.91. The first-order chi connectivity index (χ1) is 12.5. The van der Waals surface area contributed by atoms with E-state index in [-0.39, 0.29) is 17.6 Å². The molecule has 2 aromatic rings. The molecule has 0 spiro atoms. The van der Waals surface area contributed by atoms with Crippen LogP contribution in [0.5, 0.6) is 17.2 Å². The number of ether oxygens (including phenoxy) is 1. The molecule has 142 valence electrons. The smallest absolute Gasteiger partial charge is 0.168 e. The van der Waals surface area contributed by atoms with Gasteiger partial charge in [0.05, 0.1) is 0 Å². The summed E-state index contributed by atoms with van der Waals surface area (Å²) >= 11 is 0. The van der Waals surface area contributed by atoms with E-state index < -0.39 is 0 Å². The Kier molecular flexibility index (Phi) is 7.83. The van der Waals surface area contributed by atoms with E-state index in [1.54, 1.807) is 19.9 Å². The van der Waals surface area contributed by atoms with Gasteiger partial charge in [0.25, 0.3) is 0 Å². The molecule has 0 aromatic heterocycles. The summed E-state index contributed by atoms with van der Waals surface area (Å²) in [7, 11) is 0. The fraction of sp³-hybridized carbons (Fsp3) is 0.478. The molecule has 2 rings (SSSR count). The van der Waals surface area contributed by atoms with Crippen LogP contribution in [0.4, 0.5) is 0 Å². The van der Waals surface area contributed by atoms with Crippen LogP contribution in [-0.2, 0) is 0 Å². The number of unbranched alkanes of at least 4 members (excludes halogenated alkanes) is 5. The molecular formula is C23H32O3. The van der Waals surface area contributed by atoms with Crippen molar-refractivity contribution >= 4 is 0 Å². The van der Waals surface area contributed by atoms with Crippen molar-refractivity contribution in [3.63, 3.8) is 0 Å². The van der Waals surface area contributed by atoms with Crippen LogP contribution in [0.2, 0.25) is 0 Å². The van der Waals surface area contributed by atoms with Gasteiger partial charge >= 0.3 is 0 Å². The lowest BCUT2D eigenvalue weighted by atomic mass is 10.0. The van der Waals surface area contributed by atoms with Crippen molar-refractivity contribution in [2.45, 2.75) is 71.8 Å². The van der Waals surface area contributed by atoms with Gasteiger partial charge in [0.2, 0.25) is 0 Å². The summed E-state index contributed by atoms with van der Waals surface area (Å²) in [6.45, 7) is 5.78. The average molecular weight is 357 g/mol. The van der Waals surface area contributed by atoms with Crippen LogP contribution in [-0.4, -0.2) is 10.2 Å². The van der Waals surface area contributed by atoms with Crippen molar-refractivity contribution in [1.29, 1.82) is 0 Å². The molecule has 26 heavy (non-hydrogen) atoms. The molecule has 0 aliphatic rings. The normalized spacial score (nSPS) is 12.1. The summed E-state index contributed by atoms with van der Waals surface area (Å²) < 4.78 is 6.22. The van der Waals surface area contributed by atoms with Gasteiger partial charge in [0.1, 0.15) is 11.9 Å². The number of aryl methyl sites for hydroxylation is 1. The Labute approximate surface area is 157 Å². The quantitative estimate of drug-likeness (QED) is 0.373. The minimum Gasteiger partial charge on any atom is -0.507 e. The molecule has 1 atom stereocenters. The van der Waals surface area contributed by atoms with Gasteiger partial charge in [-0.1, -0.05) is 69.4 Å². The number of aromatic hydroxyl groups is 2. The topological polar surface area (TPSA) is 49.7 Å². The highest BCUT2D eigenvalue weighted by Crippen LogP contribution is 2.41. The first kappa shape index (κ1) is 20.2. The summed E-state index contributed by atoms with van der Waals surface area (Å²) in [5.74, 6) is 0.652. The SMILES string of the molecule is CCCCCCCCC(Oc1c(O)cc(C)c(O)c1C)c1ccccc1. The highest BCUT2D eigenvalue weighted by molar-refractivity contribution is 5.56. The molecule has 3 nitrogen and oxygen atoms in total. The first-order valence-electron chi connectivity index (χ1n) is 9.78. The number of phenolic OH excluding ortho intramolecular Hbond substituents is 2. The Morgan fingerprint density at radius 2 is 1.58 bits per heavy atom. The Morgan fingerprint density at radius 3 is 2.27 bits per heavy atom. The van der Waals surface area contributed by atoms with E-state index >= 15 is 0 Å². The molecule has 0 radical (unpaired) electrons. The van der Waals surface area contributed by atoms with E-state index in [4.69, 9.17) is 4.74 Å². The van der Waals surface area contributed by atoms with E-state index in [2.05, 4.69) is 19.1 Å². The molecule has 0 aliphatic carbocycles. The van der Waals surface area contributed by atoms with Crippen LogP contribution in [0, 0.1) is 13.8 Å². The second-order valence-electron chi connectivity index (χ2n) is 7.09. The molecule has 0 bridgehead atoms. The Bertz CT molecular complexity index is 680. The zero-order valence-corrected chi connectivity index (χ0v) is 16.3. The van der Waals surface area contributed by atoms with Gasteiger partial charge in [-0.3, -0.25) is 0 Å². The third kappa shape index (κ3) is 5.42. The molecule has 2 aromatic carbocycles. The van der Waals surface area contributed by atoms with Gasteiger partial charge in [0.15, 0.2) is 11.5 Å². The maximum Gasteiger partial charge on any atom is 0.168 e. The molecule has 0 aliphatic heterocycles. The standard InChI is InChI=1S/C23H32O3/c1-4-5-6-7-8-12-15-21(19-13-10-9-11-14-19)26-23-18(3)22(25)17(2)16-20(23)24/h9-11,13-14,16,21,24-25H,4-8,12,15H2,1-3H3. The van der Waals surface area contributed by atoms with Gasteiger partial charge in [0, 0.05) is 5.56 Å². The third-order valence-corrected chi connectivity index (χ3v) is 4.91. The van der Waals surface area contributed by atoms with Gasteiger partial charge in [-0.05, 0) is 43.9 Å². The van der Waals surface area contributed by atoms with Crippen molar-refractivity contribution in [2.75, 3.05) is 0 Å². The number of benzene rings is 2. The number of hydrogen-bond acceptors (Lipinski definition) is 3. The summed E-state index contributed by atoms with van der Waals surface area (Å²) in [5.41, 5.74) is 2.34. The zero-order valence-electron chi connectivity index (χ0n) is 16.3. The molecule has 0 fully saturated rings. The van der Waals surface area contributed by atoms with Crippen molar-refractivity contribution in [1.82, 2.24) is 0 Å². The second kappa shape index (κ2) is 10.1. The lowest BCUT2D eigenvalue weighted by Crippen LogP contribution is -2.09. The number of hydrogen-bond donors (Lipinski definition) is 2. The molecule has 3 heteroatoms. The molecule has 0 amide bonds. The average Bonchev–Trinajstić information content (AvgIpc) is 2.65. The van der Waals surface area contributed by atoms with Gasteiger partial charge in [-0.15, -0.1) is 0 Å². The van der Waals surface area contributed by atoms with Crippen LogP contribution in [0.25, 0.3) is 0 Å². The van der Waals surface area contributed by atoms with Crippen molar-refractivity contribution in [2.24, 2.45) is 0 Å². The molecular weight excluding hydrogens is 324 g/mol. The van der Waals surface area contributed by atoms with E-state index in [0.29, 0.717) is 16.9 Å². The fourth-order valence-electron chi connectivity index (χ4n) is 3.30. The summed E-state index contributed by atoms with van der Waals surface area (Å²) in [5, 5.41) is 20.5. The second-order valence-corrected chi connectivity index (χ2v) is 7.09. The van der Waals surface area contributed by atoms with Crippen LogP contribution in [0.15, 0.2) is 36.4 Å². The monoisotopic (exact) mass is 356 g/mol. The van der Waals surface area contributed by atoms with Gasteiger partial charge in [-0.2, -0.15) is 0 Å². The van der Waals surface area contributed by atoms with Crippen LogP contribution >= 0.6 is 0 Å². The highest BCUT2D eigenvalue weighted by atomic mass is 16.5. The minimum atomic E-state index is -0.130. The van der Waals surface area contributed by atoms with Crippen molar-refractivity contribution in [3.05, 3.63) is 53.1 Å². The predicted octanol–water partition coefficient (Wildman–Crippen LogP) is 6.59. The van der Waals surface area contributed by atoms with Crippen LogP contribution < -0.4 is 4.74 Å². The fourth-order valence-corrected chi connectivity index (χ4v) is 3.30. The summed E-state index contributed by atoms with van der Waals surface area (Å²) in [4.78, 5) is 0. The number of phenols is 2. The van der Waals surface area contributed by atoms with Gasteiger partial charge < -0.3 is 14.9 Å². The van der Waals surface area contributed by atoms with Gasteiger partial charge in [-0.25, -0.2) is 0 Å². The predicted molar refractivity (Wildman–Crippen MR) is 107 cm³/mol.